The summed E-state index contributed by atoms with van der Waals surface area (Å²) in [4.78, 5) is 26.4. The summed E-state index contributed by atoms with van der Waals surface area (Å²) in [5.74, 6) is -1.28. The van der Waals surface area contributed by atoms with Gasteiger partial charge in [0.15, 0.2) is 0 Å². The van der Waals surface area contributed by atoms with Gasteiger partial charge in [-0.25, -0.2) is 4.79 Å². The Morgan fingerprint density at radius 2 is 1.95 bits per heavy atom. The van der Waals surface area contributed by atoms with E-state index in [-0.39, 0.29) is 11.3 Å². The molecule has 0 saturated carbocycles. The van der Waals surface area contributed by atoms with Crippen LogP contribution < -0.4 is 4.74 Å². The second-order valence-corrected chi connectivity index (χ2v) is 4.22. The van der Waals surface area contributed by atoms with Crippen LogP contribution in [0, 0.1) is 0 Å². The van der Waals surface area contributed by atoms with Crippen LogP contribution in [0.5, 0.6) is 5.75 Å². The largest absolute Gasteiger partial charge is 0.494 e. The predicted octanol–water partition coefficient (Wildman–Crippen LogP) is 3.10. The summed E-state index contributed by atoms with van der Waals surface area (Å²) in [5.41, 5.74) is 0.419. The Morgan fingerprint density at radius 1 is 1.27 bits per heavy atom. The lowest BCUT2D eigenvalue weighted by molar-refractivity contribution is -0.151. The van der Waals surface area contributed by atoms with Crippen LogP contribution in [0.3, 0.4) is 0 Å². The van der Waals surface area contributed by atoms with Crippen molar-refractivity contribution in [2.45, 2.75) is 19.0 Å². The molecule has 0 spiro atoms. The number of methoxy groups -OCH3 is 2. The molecule has 0 N–H and O–H groups in total. The van der Waals surface area contributed by atoms with Crippen LogP contribution in [-0.2, 0) is 9.53 Å². The molecule has 5 nitrogen and oxygen atoms in total. The van der Waals surface area contributed by atoms with Crippen molar-refractivity contribution in [3.8, 4) is 5.75 Å². The van der Waals surface area contributed by atoms with Gasteiger partial charge in [0.1, 0.15) is 23.6 Å². The Balaban J connectivity index is 2.84. The van der Waals surface area contributed by atoms with Crippen LogP contribution in [0.15, 0.2) is 23.2 Å². The molecule has 0 radical (unpaired) electrons. The van der Waals surface area contributed by atoms with Crippen LogP contribution in [0.25, 0.3) is 0 Å². The lowest BCUT2D eigenvalue weighted by atomic mass is 10.2. The topological polar surface area (TPSA) is 65.0 Å². The van der Waals surface area contributed by atoms with Crippen LogP contribution in [0.1, 0.15) is 23.2 Å². The highest BCUT2D eigenvalue weighted by Crippen LogP contribution is 2.28. The molecule has 120 valence electrons. The van der Waals surface area contributed by atoms with Crippen LogP contribution >= 0.6 is 0 Å². The molecule has 0 atom stereocenters. The van der Waals surface area contributed by atoms with Gasteiger partial charge < -0.3 is 9.47 Å². The van der Waals surface area contributed by atoms with Gasteiger partial charge in [0.25, 0.3) is 0 Å². The fourth-order valence-corrected chi connectivity index (χ4v) is 1.58. The molecular weight excluding hydrogens is 303 g/mol. The van der Waals surface area contributed by atoms with E-state index >= 15 is 0 Å². The number of aliphatic imine (C=N–C) groups is 1. The summed E-state index contributed by atoms with van der Waals surface area (Å²) >= 11 is 0. The van der Waals surface area contributed by atoms with Gasteiger partial charge in [0.05, 0.1) is 19.8 Å². The third kappa shape index (κ3) is 5.55. The van der Waals surface area contributed by atoms with Gasteiger partial charge in [-0.15, -0.1) is 0 Å². The number of ether oxygens (including phenoxy) is 2. The molecule has 8 heteroatoms. The molecule has 0 unspecified atom stereocenters. The molecule has 1 rings (SSSR count). The highest BCUT2D eigenvalue weighted by Gasteiger charge is 2.30. The van der Waals surface area contributed by atoms with Gasteiger partial charge in [-0.2, -0.15) is 13.2 Å². The van der Waals surface area contributed by atoms with Crippen molar-refractivity contribution in [2.24, 2.45) is 4.99 Å². The van der Waals surface area contributed by atoms with Crippen LogP contribution in [0.4, 0.5) is 18.9 Å². The summed E-state index contributed by atoms with van der Waals surface area (Å²) in [7, 11) is 2.59. The summed E-state index contributed by atoms with van der Waals surface area (Å²) in [6.45, 7) is 0. The first-order valence-electron chi connectivity index (χ1n) is 6.14. The standard InChI is InChI=1S/C14H14F3NO4/c1-21-12-4-3-9(13(20)22-2)7-11(12)18-6-5-10(19)8-14(15,16)17/h3-4,6-7H,5,8H2,1-2H3. The van der Waals surface area contributed by atoms with E-state index in [4.69, 9.17) is 4.74 Å². The second kappa shape index (κ2) is 7.58. The molecular formula is C14H14F3NO4. The predicted molar refractivity (Wildman–Crippen MR) is 72.8 cm³/mol. The van der Waals surface area contributed by atoms with Crippen LogP contribution in [-0.4, -0.2) is 38.4 Å². The zero-order valence-corrected chi connectivity index (χ0v) is 11.9. The number of alkyl halides is 3. The molecule has 22 heavy (non-hydrogen) atoms. The molecule has 0 fully saturated rings. The number of benzene rings is 1. The maximum atomic E-state index is 12.0. The van der Waals surface area contributed by atoms with Crippen molar-refractivity contribution in [2.75, 3.05) is 14.2 Å². The van der Waals surface area contributed by atoms with Gasteiger partial charge in [-0.05, 0) is 18.2 Å². The number of hydrogen-bond acceptors (Lipinski definition) is 5. The highest BCUT2D eigenvalue weighted by molar-refractivity contribution is 5.93. The zero-order valence-electron chi connectivity index (χ0n) is 11.9. The molecule has 0 aliphatic carbocycles. The first-order chi connectivity index (χ1) is 10.3. The van der Waals surface area contributed by atoms with E-state index in [0.717, 1.165) is 6.21 Å². The third-order valence-electron chi connectivity index (χ3n) is 2.55. The van der Waals surface area contributed by atoms with Gasteiger partial charge >= 0.3 is 12.1 Å². The van der Waals surface area contributed by atoms with Crippen molar-refractivity contribution in [3.05, 3.63) is 23.8 Å². The maximum Gasteiger partial charge on any atom is 0.395 e. The van der Waals surface area contributed by atoms with Crippen LogP contribution in [0.2, 0.25) is 0 Å². The first-order valence-corrected chi connectivity index (χ1v) is 6.14. The van der Waals surface area contributed by atoms with E-state index in [2.05, 4.69) is 9.73 Å². The van der Waals surface area contributed by atoms with E-state index in [9.17, 15) is 22.8 Å². The Labute approximate surface area is 124 Å². The third-order valence-corrected chi connectivity index (χ3v) is 2.55. The summed E-state index contributed by atoms with van der Waals surface area (Å²) in [6, 6.07) is 4.28. The number of ketones is 1. The fourth-order valence-electron chi connectivity index (χ4n) is 1.58. The number of carbonyl (C=O) groups excluding carboxylic acids is 2. The van der Waals surface area contributed by atoms with Gasteiger partial charge in [0.2, 0.25) is 0 Å². The molecule has 0 heterocycles. The van der Waals surface area contributed by atoms with Gasteiger partial charge in [0, 0.05) is 12.6 Å². The number of esters is 1. The molecule has 0 saturated heterocycles. The number of nitrogens with zero attached hydrogens (tertiary/aromatic N) is 1. The van der Waals surface area contributed by atoms with Gasteiger partial charge in [-0.1, -0.05) is 0 Å². The molecule has 0 bridgehead atoms. The minimum atomic E-state index is -4.53. The summed E-state index contributed by atoms with van der Waals surface area (Å²) in [5, 5.41) is 0. The number of Topliss-reactive ketones (excluding diaryl/α,β-unsaturated/α-hetero) is 1. The monoisotopic (exact) mass is 317 g/mol. The molecule has 0 aliphatic heterocycles. The first kappa shape index (κ1) is 17.7. The average Bonchev–Trinajstić information content (AvgIpc) is 2.44. The lowest BCUT2D eigenvalue weighted by Gasteiger charge is -2.06. The van der Waals surface area contributed by atoms with E-state index in [0.29, 0.717) is 5.75 Å². The van der Waals surface area contributed by atoms with E-state index in [1.54, 1.807) is 0 Å². The zero-order chi connectivity index (χ0) is 16.8. The van der Waals surface area contributed by atoms with Gasteiger partial charge in [-0.3, -0.25) is 9.79 Å². The normalized spacial score (nSPS) is 11.5. The van der Waals surface area contributed by atoms with Crippen molar-refractivity contribution in [1.82, 2.24) is 0 Å². The second-order valence-electron chi connectivity index (χ2n) is 4.22. The number of carbonyl (C=O) groups is 2. The SMILES string of the molecule is COC(=O)c1ccc(OC)c(N=CCC(=O)CC(F)(F)F)c1. The minimum absolute atomic E-state index is 0.206. The summed E-state index contributed by atoms with van der Waals surface area (Å²) in [6.07, 6.45) is -5.45. The quantitative estimate of drug-likeness (QED) is 0.597. The van der Waals surface area contributed by atoms with E-state index < -0.39 is 30.8 Å². The molecule has 1 aromatic carbocycles. The van der Waals surface area contributed by atoms with Crippen molar-refractivity contribution in [3.63, 3.8) is 0 Å². The fraction of sp³-hybridized carbons (Fsp3) is 0.357. The summed E-state index contributed by atoms with van der Waals surface area (Å²) < 4.78 is 45.6. The molecule has 0 amide bonds. The average molecular weight is 317 g/mol. The van der Waals surface area contributed by atoms with E-state index in [1.807, 2.05) is 0 Å². The molecule has 1 aromatic rings. The highest BCUT2D eigenvalue weighted by atomic mass is 19.4. The van der Waals surface area contributed by atoms with E-state index in [1.165, 1.54) is 32.4 Å². The van der Waals surface area contributed by atoms with Crippen molar-refractivity contribution < 1.29 is 32.2 Å². The minimum Gasteiger partial charge on any atom is -0.494 e. The smallest absolute Gasteiger partial charge is 0.395 e. The van der Waals surface area contributed by atoms with Crippen molar-refractivity contribution >= 4 is 23.7 Å². The number of halogens is 3. The Morgan fingerprint density at radius 3 is 2.50 bits per heavy atom. The number of hydrogen-bond donors (Lipinski definition) is 0. The maximum absolute atomic E-state index is 12.0. The Hall–Kier alpha value is -2.38. The Bertz CT molecular complexity index is 582. The number of rotatable bonds is 6. The van der Waals surface area contributed by atoms with Crippen molar-refractivity contribution in [1.29, 1.82) is 0 Å². The molecule has 0 aromatic heterocycles. The lowest BCUT2D eigenvalue weighted by Crippen LogP contribution is -2.14. The Kier molecular flexibility index (Phi) is 6.09. The molecule has 0 aliphatic rings.